The van der Waals surface area contributed by atoms with Gasteiger partial charge in [-0.2, -0.15) is 0 Å². The molecule has 2 N–H and O–H groups in total. The molecule has 0 saturated carbocycles. The topological polar surface area (TPSA) is 93.5 Å². The predicted octanol–water partition coefficient (Wildman–Crippen LogP) is 2.53. The van der Waals surface area contributed by atoms with Crippen molar-refractivity contribution >= 4 is 23.0 Å². The van der Waals surface area contributed by atoms with E-state index in [1.165, 1.54) is 6.07 Å². The number of nitrogens with one attached hydrogen (secondary N) is 2. The van der Waals surface area contributed by atoms with Crippen LogP contribution in [0.15, 0.2) is 18.2 Å². The summed E-state index contributed by atoms with van der Waals surface area (Å²) in [5, 5.41) is 17.0. The largest absolute Gasteiger partial charge is 0.376 e. The first-order valence-corrected chi connectivity index (χ1v) is 6.88. The molecule has 1 heterocycles. The minimum atomic E-state index is -0.458. The van der Waals surface area contributed by atoms with Crippen LogP contribution < -0.4 is 10.6 Å². The normalized spacial score (nSPS) is 15.9. The highest BCUT2D eigenvalue weighted by molar-refractivity contribution is 5.91. The van der Waals surface area contributed by atoms with Gasteiger partial charge >= 0.3 is 0 Å². The van der Waals surface area contributed by atoms with Crippen LogP contribution in [0.5, 0.6) is 0 Å². The molecule has 7 heteroatoms. The zero-order chi connectivity index (χ0) is 15.5. The second-order valence-electron chi connectivity index (χ2n) is 5.47. The van der Waals surface area contributed by atoms with E-state index in [1.807, 2.05) is 13.8 Å². The maximum atomic E-state index is 11.5. The molecule has 1 aromatic rings. The van der Waals surface area contributed by atoms with E-state index in [0.29, 0.717) is 31.0 Å². The van der Waals surface area contributed by atoms with Crippen molar-refractivity contribution in [1.82, 2.24) is 0 Å². The number of carbonyl (C=O) groups excluding carboxylic acids is 1. The molecule has 2 rings (SSSR count). The number of nitro groups is 1. The molecule has 0 atom stereocenters. The summed E-state index contributed by atoms with van der Waals surface area (Å²) < 4.78 is 5.12. The lowest BCUT2D eigenvalue weighted by atomic mass is 10.00. The van der Waals surface area contributed by atoms with Gasteiger partial charge in [0.15, 0.2) is 0 Å². The first-order chi connectivity index (χ1) is 9.93. The van der Waals surface area contributed by atoms with Crippen molar-refractivity contribution in [1.29, 1.82) is 0 Å². The van der Waals surface area contributed by atoms with Gasteiger partial charge in [0.05, 0.1) is 23.7 Å². The number of amides is 1. The molecule has 0 radical (unpaired) electrons. The van der Waals surface area contributed by atoms with E-state index >= 15 is 0 Å². The van der Waals surface area contributed by atoms with Crippen LogP contribution in [0.25, 0.3) is 0 Å². The van der Waals surface area contributed by atoms with Gasteiger partial charge < -0.3 is 15.4 Å². The SMILES string of the molecule is CCCC(=O)Nc1ccc(NC2(C)COC2)c([N+](=O)[O-])c1. The summed E-state index contributed by atoms with van der Waals surface area (Å²) in [4.78, 5) is 22.3. The Morgan fingerprint density at radius 2 is 2.19 bits per heavy atom. The fourth-order valence-corrected chi connectivity index (χ4v) is 2.12. The summed E-state index contributed by atoms with van der Waals surface area (Å²) in [6, 6.07) is 4.65. The minimum Gasteiger partial charge on any atom is -0.376 e. The number of nitrogens with zero attached hydrogens (tertiary/aromatic N) is 1. The molecule has 0 unspecified atom stereocenters. The Bertz CT molecular complexity index is 555. The molecule has 114 valence electrons. The smallest absolute Gasteiger partial charge is 0.294 e. The van der Waals surface area contributed by atoms with Gasteiger partial charge in [-0.1, -0.05) is 6.92 Å². The molecule has 1 saturated heterocycles. The van der Waals surface area contributed by atoms with Crippen LogP contribution in [-0.4, -0.2) is 29.6 Å². The minimum absolute atomic E-state index is 0.0579. The maximum Gasteiger partial charge on any atom is 0.294 e. The summed E-state index contributed by atoms with van der Waals surface area (Å²) >= 11 is 0. The third-order valence-electron chi connectivity index (χ3n) is 3.23. The Balaban J connectivity index is 2.18. The van der Waals surface area contributed by atoms with E-state index in [1.54, 1.807) is 12.1 Å². The van der Waals surface area contributed by atoms with Crippen LogP contribution in [0.2, 0.25) is 0 Å². The third kappa shape index (κ3) is 3.69. The number of hydrogen-bond donors (Lipinski definition) is 2. The first-order valence-electron chi connectivity index (χ1n) is 6.88. The van der Waals surface area contributed by atoms with E-state index in [-0.39, 0.29) is 17.1 Å². The van der Waals surface area contributed by atoms with Crippen LogP contribution in [0, 0.1) is 10.1 Å². The van der Waals surface area contributed by atoms with Crippen LogP contribution in [0.4, 0.5) is 17.1 Å². The monoisotopic (exact) mass is 293 g/mol. The molecule has 1 aromatic carbocycles. The van der Waals surface area contributed by atoms with Gasteiger partial charge in [0, 0.05) is 18.2 Å². The highest BCUT2D eigenvalue weighted by Gasteiger charge is 2.34. The Labute approximate surface area is 122 Å². The maximum absolute atomic E-state index is 11.5. The number of carbonyl (C=O) groups is 1. The van der Waals surface area contributed by atoms with E-state index in [4.69, 9.17) is 4.74 Å². The average molecular weight is 293 g/mol. The van der Waals surface area contributed by atoms with E-state index in [0.717, 1.165) is 6.42 Å². The molecular weight excluding hydrogens is 274 g/mol. The lowest BCUT2D eigenvalue weighted by Gasteiger charge is -2.39. The molecule has 21 heavy (non-hydrogen) atoms. The number of hydrogen-bond acceptors (Lipinski definition) is 5. The molecule has 0 aliphatic carbocycles. The summed E-state index contributed by atoms with van der Waals surface area (Å²) in [7, 11) is 0. The number of anilines is 2. The van der Waals surface area contributed by atoms with Crippen LogP contribution >= 0.6 is 0 Å². The first kappa shape index (κ1) is 15.2. The summed E-state index contributed by atoms with van der Waals surface area (Å²) in [5.74, 6) is -0.146. The molecule has 1 fully saturated rings. The Morgan fingerprint density at radius 1 is 1.48 bits per heavy atom. The van der Waals surface area contributed by atoms with Crippen molar-refractivity contribution in [2.75, 3.05) is 23.8 Å². The molecule has 0 spiro atoms. The summed E-state index contributed by atoms with van der Waals surface area (Å²) in [6.45, 7) is 4.87. The van der Waals surface area contributed by atoms with Gasteiger partial charge in [-0.3, -0.25) is 14.9 Å². The van der Waals surface area contributed by atoms with E-state index in [2.05, 4.69) is 10.6 Å². The fourth-order valence-electron chi connectivity index (χ4n) is 2.12. The number of nitro benzene ring substituents is 1. The average Bonchev–Trinajstić information content (AvgIpc) is 2.38. The van der Waals surface area contributed by atoms with Crippen molar-refractivity contribution in [3.05, 3.63) is 28.3 Å². The second-order valence-corrected chi connectivity index (χ2v) is 5.47. The molecule has 0 bridgehead atoms. The number of ether oxygens (including phenoxy) is 1. The van der Waals surface area contributed by atoms with E-state index in [9.17, 15) is 14.9 Å². The van der Waals surface area contributed by atoms with Gasteiger partial charge in [0.25, 0.3) is 5.69 Å². The molecule has 7 nitrogen and oxygen atoms in total. The Hall–Kier alpha value is -2.15. The van der Waals surface area contributed by atoms with Crippen molar-refractivity contribution in [2.45, 2.75) is 32.2 Å². The molecule has 0 aromatic heterocycles. The highest BCUT2D eigenvalue weighted by Crippen LogP contribution is 2.32. The van der Waals surface area contributed by atoms with Crippen molar-refractivity contribution in [3.63, 3.8) is 0 Å². The van der Waals surface area contributed by atoms with Gasteiger partial charge in [-0.05, 0) is 25.5 Å². The van der Waals surface area contributed by atoms with Crippen LogP contribution in [-0.2, 0) is 9.53 Å². The summed E-state index contributed by atoms with van der Waals surface area (Å²) in [6.07, 6.45) is 1.12. The number of benzene rings is 1. The lowest BCUT2D eigenvalue weighted by molar-refractivity contribution is -0.384. The standard InChI is InChI=1S/C14H19N3O4/c1-3-4-13(18)15-10-5-6-11(12(7-10)17(19)20)16-14(2)8-21-9-14/h5-7,16H,3-4,8-9H2,1-2H3,(H,15,18). The Morgan fingerprint density at radius 3 is 2.71 bits per heavy atom. The van der Waals surface area contributed by atoms with Crippen molar-refractivity contribution < 1.29 is 14.5 Å². The van der Waals surface area contributed by atoms with Gasteiger partial charge in [-0.15, -0.1) is 0 Å². The van der Waals surface area contributed by atoms with Crippen LogP contribution in [0.3, 0.4) is 0 Å². The Kier molecular flexibility index (Phi) is 4.42. The quantitative estimate of drug-likeness (QED) is 0.621. The predicted molar refractivity (Wildman–Crippen MR) is 79.5 cm³/mol. The van der Waals surface area contributed by atoms with Gasteiger partial charge in [0.1, 0.15) is 5.69 Å². The molecule has 1 aliphatic rings. The second kappa shape index (κ2) is 6.09. The van der Waals surface area contributed by atoms with E-state index < -0.39 is 4.92 Å². The van der Waals surface area contributed by atoms with Gasteiger partial charge in [-0.25, -0.2) is 0 Å². The van der Waals surface area contributed by atoms with Crippen molar-refractivity contribution in [3.8, 4) is 0 Å². The third-order valence-corrected chi connectivity index (χ3v) is 3.23. The van der Waals surface area contributed by atoms with Crippen molar-refractivity contribution in [2.24, 2.45) is 0 Å². The number of rotatable bonds is 6. The molecule has 1 amide bonds. The summed E-state index contributed by atoms with van der Waals surface area (Å²) in [5.41, 5.74) is 0.523. The molecular formula is C14H19N3O4. The van der Waals surface area contributed by atoms with Crippen LogP contribution in [0.1, 0.15) is 26.7 Å². The van der Waals surface area contributed by atoms with Gasteiger partial charge in [0.2, 0.25) is 5.91 Å². The molecule has 1 aliphatic heterocycles. The highest BCUT2D eigenvalue weighted by atomic mass is 16.6. The zero-order valence-electron chi connectivity index (χ0n) is 12.1. The zero-order valence-corrected chi connectivity index (χ0v) is 12.1. The lowest BCUT2D eigenvalue weighted by Crippen LogP contribution is -2.53. The fraction of sp³-hybridized carbons (Fsp3) is 0.500.